The molecule has 1 spiro atoms. The number of Topliss-reactive ketones (excluding diaryl/α,β-unsaturated/α-hetero) is 1. The fraction of sp³-hybridized carbons (Fsp3) is 0.367. The van der Waals surface area contributed by atoms with Crippen molar-refractivity contribution in [3.05, 3.63) is 77.9 Å². The van der Waals surface area contributed by atoms with Gasteiger partial charge in [0.25, 0.3) is 17.6 Å². The maximum Gasteiger partial charge on any atom is 0.296 e. The van der Waals surface area contributed by atoms with Crippen LogP contribution in [0.1, 0.15) is 30.4 Å². The van der Waals surface area contributed by atoms with Gasteiger partial charge < -0.3 is 19.8 Å². The van der Waals surface area contributed by atoms with Crippen molar-refractivity contribution >= 4 is 39.1 Å². The fourth-order valence-corrected chi connectivity index (χ4v) is 7.55. The number of amides is 2. The summed E-state index contributed by atoms with van der Waals surface area (Å²) < 4.78 is 27.5. The number of sulfonamides is 1. The molecule has 41 heavy (non-hydrogen) atoms. The second-order valence-corrected chi connectivity index (χ2v) is 12.7. The molecule has 0 aliphatic carbocycles. The van der Waals surface area contributed by atoms with Crippen molar-refractivity contribution in [2.24, 2.45) is 0 Å². The quantitative estimate of drug-likeness (QED) is 0.210. The van der Waals surface area contributed by atoms with Gasteiger partial charge in [0.1, 0.15) is 5.76 Å². The summed E-state index contributed by atoms with van der Waals surface area (Å²) in [5, 5.41) is 11.7. The van der Waals surface area contributed by atoms with E-state index in [-0.39, 0.29) is 29.1 Å². The number of aliphatic hydroxyl groups is 1. The highest BCUT2D eigenvalue weighted by Crippen LogP contribution is 2.53. The first-order valence-electron chi connectivity index (χ1n) is 13.6. The molecule has 10 nitrogen and oxygen atoms in total. The Morgan fingerprint density at radius 3 is 2.34 bits per heavy atom. The number of hydrogen-bond acceptors (Lipinski definition) is 7. The number of ketones is 1. The fourth-order valence-electron chi connectivity index (χ4n) is 6.03. The van der Waals surface area contributed by atoms with Crippen molar-refractivity contribution in [2.75, 3.05) is 51.7 Å². The Labute approximate surface area is 240 Å². The summed E-state index contributed by atoms with van der Waals surface area (Å²) in [7, 11) is 0.0782. The van der Waals surface area contributed by atoms with Crippen LogP contribution in [0.15, 0.2) is 71.7 Å². The Morgan fingerprint density at radius 1 is 1.05 bits per heavy atom. The molecule has 11 heteroatoms. The number of anilines is 1. The third-order valence-corrected chi connectivity index (χ3v) is 9.85. The van der Waals surface area contributed by atoms with Gasteiger partial charge in [-0.3, -0.25) is 14.4 Å². The largest absolute Gasteiger partial charge is 0.507 e. The summed E-state index contributed by atoms with van der Waals surface area (Å²) in [6.07, 6.45) is 3.64. The molecule has 0 aromatic heterocycles. The van der Waals surface area contributed by atoms with E-state index < -0.39 is 38.9 Å². The topological polar surface area (TPSA) is 119 Å². The lowest BCUT2D eigenvalue weighted by Crippen LogP contribution is -2.52. The second-order valence-electron chi connectivity index (χ2n) is 10.7. The molecule has 1 unspecified atom stereocenters. The zero-order valence-electron chi connectivity index (χ0n) is 23.2. The normalized spacial score (nSPS) is 22.4. The number of para-hydroxylation sites is 1. The molecule has 3 aliphatic rings. The zero-order chi connectivity index (χ0) is 29.5. The second kappa shape index (κ2) is 10.9. The van der Waals surface area contributed by atoms with E-state index in [2.05, 4.69) is 6.58 Å². The predicted molar refractivity (Wildman–Crippen MR) is 155 cm³/mol. The summed E-state index contributed by atoms with van der Waals surface area (Å²) >= 11 is 0. The van der Waals surface area contributed by atoms with Gasteiger partial charge in [0.05, 0.1) is 16.2 Å². The Morgan fingerprint density at radius 2 is 1.71 bits per heavy atom. The van der Waals surface area contributed by atoms with Gasteiger partial charge >= 0.3 is 0 Å². The van der Waals surface area contributed by atoms with Gasteiger partial charge in [-0.15, -0.1) is 6.58 Å². The third kappa shape index (κ3) is 4.48. The molecule has 1 N–H and O–H groups in total. The van der Waals surface area contributed by atoms with Gasteiger partial charge in [0.15, 0.2) is 5.54 Å². The van der Waals surface area contributed by atoms with Crippen LogP contribution in [0.4, 0.5) is 5.69 Å². The van der Waals surface area contributed by atoms with Crippen LogP contribution in [0.5, 0.6) is 0 Å². The minimum atomic E-state index is -3.70. The molecule has 0 saturated carbocycles. The smallest absolute Gasteiger partial charge is 0.296 e. The van der Waals surface area contributed by atoms with Crippen molar-refractivity contribution < 1.29 is 27.9 Å². The lowest BCUT2D eigenvalue weighted by molar-refractivity contribution is -0.143. The van der Waals surface area contributed by atoms with Crippen LogP contribution in [0.25, 0.3) is 5.76 Å². The molecule has 1 atom stereocenters. The molecule has 3 aliphatic heterocycles. The number of rotatable bonds is 9. The maximum absolute atomic E-state index is 14.3. The Bertz CT molecular complexity index is 1540. The highest BCUT2D eigenvalue weighted by Gasteiger charge is 2.66. The highest BCUT2D eigenvalue weighted by molar-refractivity contribution is 7.89. The predicted octanol–water partition coefficient (Wildman–Crippen LogP) is 2.53. The average Bonchev–Trinajstić information content (AvgIpc) is 3.64. The molecule has 5 rings (SSSR count). The summed E-state index contributed by atoms with van der Waals surface area (Å²) in [5.74, 6) is -2.91. The van der Waals surface area contributed by atoms with Gasteiger partial charge in [0, 0.05) is 37.3 Å². The van der Waals surface area contributed by atoms with Crippen LogP contribution >= 0.6 is 0 Å². The first-order valence-corrected chi connectivity index (χ1v) is 15.1. The number of hydrogen-bond donors (Lipinski definition) is 1. The first kappa shape index (κ1) is 28.7. The zero-order valence-corrected chi connectivity index (χ0v) is 24.1. The van der Waals surface area contributed by atoms with E-state index in [1.54, 1.807) is 30.3 Å². The van der Waals surface area contributed by atoms with Crippen LogP contribution in [0.3, 0.4) is 0 Å². The number of benzene rings is 2. The molecule has 2 amide bonds. The summed E-state index contributed by atoms with van der Waals surface area (Å²) in [5.41, 5.74) is -1.12. The van der Waals surface area contributed by atoms with Crippen molar-refractivity contribution in [1.29, 1.82) is 0 Å². The van der Waals surface area contributed by atoms with E-state index in [4.69, 9.17) is 0 Å². The molecule has 2 saturated heterocycles. The Hall–Kier alpha value is -3.80. The standard InChI is InChI=1S/C30H34N4O6S/c1-4-16-33-24-11-6-5-10-23(24)30(29(33)38)25(27(36)28(37)34(30)20-9-17-31(2)3)26(35)21-12-14-22(15-13-21)41(39,40)32-18-7-8-19-32/h4-6,10-15,35H,1,7-9,16-20H2,2-3H3/b26-25-. The number of aliphatic hydroxyl groups excluding tert-OH is 1. The molecule has 2 aromatic carbocycles. The monoisotopic (exact) mass is 578 g/mol. The Kier molecular flexibility index (Phi) is 7.62. The van der Waals surface area contributed by atoms with E-state index in [9.17, 15) is 27.9 Å². The van der Waals surface area contributed by atoms with E-state index in [1.165, 1.54) is 38.4 Å². The minimum Gasteiger partial charge on any atom is -0.507 e. The van der Waals surface area contributed by atoms with Gasteiger partial charge in [-0.25, -0.2) is 8.42 Å². The van der Waals surface area contributed by atoms with Crippen molar-refractivity contribution in [1.82, 2.24) is 14.1 Å². The lowest BCUT2D eigenvalue weighted by Gasteiger charge is -2.34. The van der Waals surface area contributed by atoms with Crippen LogP contribution < -0.4 is 4.90 Å². The molecule has 216 valence electrons. The first-order chi connectivity index (χ1) is 19.6. The molecule has 2 fully saturated rings. The molecular weight excluding hydrogens is 544 g/mol. The van der Waals surface area contributed by atoms with E-state index >= 15 is 0 Å². The summed E-state index contributed by atoms with van der Waals surface area (Å²) in [6, 6.07) is 12.5. The molecule has 2 aromatic rings. The number of carbonyl (C=O) groups is 3. The Balaban J connectivity index is 1.67. The van der Waals surface area contributed by atoms with Gasteiger partial charge in [-0.2, -0.15) is 4.31 Å². The summed E-state index contributed by atoms with van der Waals surface area (Å²) in [4.78, 5) is 46.4. The minimum absolute atomic E-state index is 0.0641. The lowest BCUT2D eigenvalue weighted by atomic mass is 9.82. The number of carbonyl (C=O) groups excluding carboxylic acids is 3. The number of fused-ring (bicyclic) bond motifs is 2. The number of likely N-dealkylation sites (tertiary alicyclic amines) is 1. The van der Waals surface area contributed by atoms with Crippen molar-refractivity contribution in [3.63, 3.8) is 0 Å². The van der Waals surface area contributed by atoms with Crippen LogP contribution in [0.2, 0.25) is 0 Å². The van der Waals surface area contributed by atoms with Crippen molar-refractivity contribution in [3.8, 4) is 0 Å². The third-order valence-electron chi connectivity index (χ3n) is 7.94. The molecule has 0 radical (unpaired) electrons. The van der Waals surface area contributed by atoms with Gasteiger partial charge in [-0.05, 0) is 70.2 Å². The van der Waals surface area contributed by atoms with Crippen LogP contribution in [-0.4, -0.2) is 92.0 Å². The molecule has 3 heterocycles. The van der Waals surface area contributed by atoms with E-state index in [0.29, 0.717) is 37.3 Å². The average molecular weight is 579 g/mol. The maximum atomic E-state index is 14.3. The van der Waals surface area contributed by atoms with Crippen LogP contribution in [-0.2, 0) is 29.9 Å². The molecule has 0 bridgehead atoms. The highest BCUT2D eigenvalue weighted by atomic mass is 32.2. The van der Waals surface area contributed by atoms with Gasteiger partial charge in [0.2, 0.25) is 10.0 Å². The van der Waals surface area contributed by atoms with Gasteiger partial charge in [-0.1, -0.05) is 24.3 Å². The van der Waals surface area contributed by atoms with Crippen LogP contribution in [0, 0.1) is 0 Å². The summed E-state index contributed by atoms with van der Waals surface area (Å²) in [6.45, 7) is 5.52. The van der Waals surface area contributed by atoms with E-state index in [1.807, 2.05) is 19.0 Å². The van der Waals surface area contributed by atoms with E-state index in [0.717, 1.165) is 12.8 Å². The SMILES string of the molecule is C=CCN1C(=O)C2(/C(=C(\O)c3ccc(S(=O)(=O)N4CCCC4)cc3)C(=O)C(=O)N2CCCN(C)C)c2ccccc21. The molecular formula is C30H34N4O6S. The van der Waals surface area contributed by atoms with Crippen molar-refractivity contribution in [2.45, 2.75) is 29.7 Å². The number of nitrogens with zero attached hydrogens (tertiary/aromatic N) is 4.